The Labute approximate surface area is 158 Å². The van der Waals surface area contributed by atoms with Gasteiger partial charge < -0.3 is 4.90 Å². The first-order valence-corrected chi connectivity index (χ1v) is 10.3. The first-order chi connectivity index (χ1) is 12.1. The maximum atomic E-state index is 12.9. The summed E-state index contributed by atoms with van der Waals surface area (Å²) in [4.78, 5) is 23.9. The number of hydrogen-bond donors (Lipinski definition) is 0. The van der Waals surface area contributed by atoms with Crippen molar-refractivity contribution in [3.63, 3.8) is 0 Å². The van der Waals surface area contributed by atoms with E-state index in [4.69, 9.17) is 0 Å². The van der Waals surface area contributed by atoms with E-state index < -0.39 is 0 Å². The normalized spacial score (nSPS) is 27.3. The van der Waals surface area contributed by atoms with Crippen molar-refractivity contribution < 1.29 is 4.79 Å². The number of aryl methyl sites for hydroxylation is 2. The summed E-state index contributed by atoms with van der Waals surface area (Å²) in [6.07, 6.45) is 3.45. The summed E-state index contributed by atoms with van der Waals surface area (Å²) in [5, 5.41) is 5.11. The third-order valence-electron chi connectivity index (χ3n) is 5.66. The third kappa shape index (κ3) is 3.21. The molecule has 4 rings (SSSR count). The fourth-order valence-corrected chi connectivity index (χ4v) is 5.87. The zero-order valence-electron chi connectivity index (χ0n) is 16.2. The molecule has 2 aliphatic rings. The number of carbonyl (C=O) groups is 1. The molecule has 2 bridgehead atoms. The number of nitrogens with zero attached hydrogens (tertiary/aromatic N) is 5. The lowest BCUT2D eigenvalue weighted by Crippen LogP contribution is -2.38. The number of likely N-dealkylation sites (tertiary alicyclic amines) is 1. The van der Waals surface area contributed by atoms with E-state index in [1.54, 1.807) is 4.52 Å². The van der Waals surface area contributed by atoms with Gasteiger partial charge in [0.1, 0.15) is 0 Å². The quantitative estimate of drug-likeness (QED) is 0.773. The highest BCUT2D eigenvalue weighted by molar-refractivity contribution is 7.99. The van der Waals surface area contributed by atoms with Gasteiger partial charge in [0.25, 0.3) is 5.78 Å². The number of hydrogen-bond acceptors (Lipinski definition) is 5. The molecule has 7 heteroatoms. The number of carbonyl (C=O) groups excluding carboxylic acids is 1. The second-order valence-corrected chi connectivity index (χ2v) is 10.1. The average Bonchev–Trinajstić information content (AvgIpc) is 3.02. The molecule has 2 fully saturated rings. The molecule has 1 saturated carbocycles. The van der Waals surface area contributed by atoms with Crippen molar-refractivity contribution in [1.29, 1.82) is 0 Å². The lowest BCUT2D eigenvalue weighted by molar-refractivity contribution is -0.129. The van der Waals surface area contributed by atoms with Crippen LogP contribution in [0.5, 0.6) is 0 Å². The lowest BCUT2D eigenvalue weighted by Gasteiger charge is -2.39. The molecule has 1 aliphatic heterocycles. The summed E-state index contributed by atoms with van der Waals surface area (Å²) in [6.45, 7) is 11.8. The van der Waals surface area contributed by atoms with Gasteiger partial charge in [-0.3, -0.25) is 4.79 Å². The Morgan fingerprint density at radius 2 is 2.04 bits per heavy atom. The van der Waals surface area contributed by atoms with E-state index in [0.29, 0.717) is 28.1 Å². The van der Waals surface area contributed by atoms with E-state index in [0.717, 1.165) is 30.8 Å². The Morgan fingerprint density at radius 1 is 1.27 bits per heavy atom. The Bertz CT molecular complexity index is 876. The smallest absolute Gasteiger partial charge is 0.253 e. The highest BCUT2D eigenvalue weighted by Gasteiger charge is 2.50. The van der Waals surface area contributed by atoms with Gasteiger partial charge in [-0.2, -0.15) is 4.98 Å². The highest BCUT2D eigenvalue weighted by atomic mass is 32.2. The number of amides is 1. The first kappa shape index (κ1) is 17.8. The molecule has 1 saturated heterocycles. The minimum Gasteiger partial charge on any atom is -0.338 e. The van der Waals surface area contributed by atoms with Crippen molar-refractivity contribution >= 4 is 23.4 Å². The minimum atomic E-state index is 0.209. The maximum Gasteiger partial charge on any atom is 0.253 e. The van der Waals surface area contributed by atoms with Crippen LogP contribution in [-0.4, -0.2) is 48.7 Å². The number of fused-ring (bicyclic) bond motifs is 3. The summed E-state index contributed by atoms with van der Waals surface area (Å²) in [6, 6.07) is 2.37. The van der Waals surface area contributed by atoms with Crippen LogP contribution in [0.2, 0.25) is 0 Å². The summed E-state index contributed by atoms with van der Waals surface area (Å²) in [5.41, 5.74) is 2.52. The molecule has 2 aromatic heterocycles. The molecule has 3 heterocycles. The molecule has 2 atom stereocenters. The van der Waals surface area contributed by atoms with Crippen LogP contribution in [0.3, 0.4) is 0 Å². The van der Waals surface area contributed by atoms with Crippen molar-refractivity contribution in [3.8, 4) is 0 Å². The van der Waals surface area contributed by atoms with E-state index >= 15 is 0 Å². The molecule has 0 spiro atoms. The van der Waals surface area contributed by atoms with E-state index in [9.17, 15) is 4.79 Å². The fourth-order valence-electron chi connectivity index (χ4n) is 5.17. The highest BCUT2D eigenvalue weighted by Crippen LogP contribution is 2.52. The Hall–Kier alpha value is -1.63. The number of thioether (sulfide) groups is 1. The van der Waals surface area contributed by atoms with Crippen LogP contribution in [-0.2, 0) is 4.79 Å². The van der Waals surface area contributed by atoms with Crippen molar-refractivity contribution in [1.82, 2.24) is 24.5 Å². The fraction of sp³-hybridized carbons (Fsp3) is 0.684. The van der Waals surface area contributed by atoms with Gasteiger partial charge >= 0.3 is 0 Å². The maximum absolute atomic E-state index is 12.9. The Morgan fingerprint density at radius 3 is 2.81 bits per heavy atom. The predicted molar refractivity (Wildman–Crippen MR) is 102 cm³/mol. The molecule has 1 amide bonds. The van der Waals surface area contributed by atoms with Gasteiger partial charge in [-0.05, 0) is 50.0 Å². The van der Waals surface area contributed by atoms with E-state index in [2.05, 4.69) is 40.7 Å². The summed E-state index contributed by atoms with van der Waals surface area (Å²) in [7, 11) is 0. The van der Waals surface area contributed by atoms with Crippen LogP contribution >= 0.6 is 11.8 Å². The summed E-state index contributed by atoms with van der Waals surface area (Å²) in [5.74, 6) is 1.20. The van der Waals surface area contributed by atoms with Gasteiger partial charge in [-0.25, -0.2) is 9.50 Å². The molecule has 140 valence electrons. The van der Waals surface area contributed by atoms with Crippen LogP contribution < -0.4 is 0 Å². The predicted octanol–water partition coefficient (Wildman–Crippen LogP) is 3.26. The topological polar surface area (TPSA) is 63.4 Å². The largest absolute Gasteiger partial charge is 0.338 e. The van der Waals surface area contributed by atoms with E-state index in [1.165, 1.54) is 18.2 Å². The third-order valence-corrected chi connectivity index (χ3v) is 6.48. The summed E-state index contributed by atoms with van der Waals surface area (Å²) < 4.78 is 1.74. The van der Waals surface area contributed by atoms with Crippen molar-refractivity contribution in [2.75, 3.05) is 12.3 Å². The van der Waals surface area contributed by atoms with Gasteiger partial charge in [0, 0.05) is 24.0 Å². The van der Waals surface area contributed by atoms with Crippen molar-refractivity contribution in [2.45, 2.75) is 65.1 Å². The molecule has 0 aromatic carbocycles. The van der Waals surface area contributed by atoms with Crippen LogP contribution in [0.1, 0.15) is 51.4 Å². The first-order valence-electron chi connectivity index (χ1n) is 9.28. The SMILES string of the molecule is Cc1cc(C)n2nc(SCC(=O)N3C[C@]4(C)C[C@H]3CC(C)(C)C4)nc2n1. The Kier molecular flexibility index (Phi) is 4.06. The molecule has 1 aliphatic carbocycles. The van der Waals surface area contributed by atoms with Crippen molar-refractivity contribution in [3.05, 3.63) is 17.5 Å². The molecule has 26 heavy (non-hydrogen) atoms. The lowest BCUT2D eigenvalue weighted by atomic mass is 9.65. The second-order valence-electron chi connectivity index (χ2n) is 9.17. The zero-order chi connectivity index (χ0) is 18.7. The average molecular weight is 374 g/mol. The molecular formula is C19H27N5OS. The van der Waals surface area contributed by atoms with Gasteiger partial charge in [-0.15, -0.1) is 5.10 Å². The van der Waals surface area contributed by atoms with Crippen LogP contribution in [0.15, 0.2) is 11.2 Å². The monoisotopic (exact) mass is 373 g/mol. The van der Waals surface area contributed by atoms with Gasteiger partial charge in [0.05, 0.1) is 5.75 Å². The van der Waals surface area contributed by atoms with Crippen LogP contribution in [0.4, 0.5) is 0 Å². The van der Waals surface area contributed by atoms with E-state index in [1.807, 2.05) is 19.9 Å². The molecule has 0 N–H and O–H groups in total. The van der Waals surface area contributed by atoms with Crippen molar-refractivity contribution in [2.24, 2.45) is 10.8 Å². The van der Waals surface area contributed by atoms with E-state index in [-0.39, 0.29) is 11.3 Å². The number of aromatic nitrogens is 4. The number of rotatable bonds is 3. The molecule has 0 unspecified atom stereocenters. The van der Waals surface area contributed by atoms with Crippen LogP contribution in [0.25, 0.3) is 5.78 Å². The molecular weight excluding hydrogens is 346 g/mol. The standard InChI is InChI=1S/C19H27N5OS/c1-12-6-13(2)24-16(20-12)21-17(22-24)26-9-15(25)23-11-19(5)8-14(23)7-18(3,4)10-19/h6,14H,7-11H2,1-5H3/t14-,19-/m1/s1. The van der Waals surface area contributed by atoms with Gasteiger partial charge in [0.15, 0.2) is 0 Å². The molecule has 0 radical (unpaired) electrons. The zero-order valence-corrected chi connectivity index (χ0v) is 17.1. The second kappa shape index (κ2) is 5.94. The van der Waals surface area contributed by atoms with Gasteiger partial charge in [-0.1, -0.05) is 32.5 Å². The van der Waals surface area contributed by atoms with Crippen LogP contribution in [0, 0.1) is 24.7 Å². The molecule has 2 aromatic rings. The summed E-state index contributed by atoms with van der Waals surface area (Å²) >= 11 is 1.41. The van der Waals surface area contributed by atoms with Gasteiger partial charge in [0.2, 0.25) is 11.1 Å². The minimum absolute atomic E-state index is 0.209. The Balaban J connectivity index is 1.46. The molecule has 6 nitrogen and oxygen atoms in total.